The van der Waals surface area contributed by atoms with Crippen molar-refractivity contribution < 1.29 is 9.50 Å². The van der Waals surface area contributed by atoms with E-state index in [1.807, 2.05) is 26.0 Å². The van der Waals surface area contributed by atoms with Gasteiger partial charge in [0.2, 0.25) is 0 Å². The fraction of sp³-hybridized carbons (Fsp3) is 0.520. The Bertz CT molecular complexity index is 1370. The summed E-state index contributed by atoms with van der Waals surface area (Å²) >= 11 is 0. The van der Waals surface area contributed by atoms with E-state index in [1.165, 1.54) is 18.6 Å². The standard InChI is InChI=1S/C25H25FN6O/c1-22(2,33)24-8-16(9-24)31(13-24)20-7-21(29-14-28-20)32-19-6-15(5-18(26)17(19)10-30-32)25(12-27)11-23(25)3-4-23/h5-7,10,14,16,33H,3-4,8-9,11,13H2,1-2H3/t16?,24?,25-/m1/s1. The molecule has 2 aliphatic heterocycles. The minimum absolute atomic E-state index is 0.0573. The number of aliphatic hydroxyl groups is 1. The molecule has 0 radical (unpaired) electrons. The van der Waals surface area contributed by atoms with Crippen molar-refractivity contribution in [3.8, 4) is 11.9 Å². The molecule has 3 saturated carbocycles. The van der Waals surface area contributed by atoms with E-state index < -0.39 is 11.0 Å². The summed E-state index contributed by atoms with van der Waals surface area (Å²) in [6, 6.07) is 8.16. The van der Waals surface area contributed by atoms with Crippen molar-refractivity contribution in [3.63, 3.8) is 0 Å². The first-order valence-electron chi connectivity index (χ1n) is 11.6. The summed E-state index contributed by atoms with van der Waals surface area (Å²) in [4.78, 5) is 11.2. The molecule has 5 aliphatic rings. The Kier molecular flexibility index (Phi) is 3.36. The molecule has 1 aromatic carbocycles. The molecular weight excluding hydrogens is 419 g/mol. The highest BCUT2D eigenvalue weighted by atomic mass is 19.1. The molecule has 4 heterocycles. The van der Waals surface area contributed by atoms with Crippen LogP contribution in [0.25, 0.3) is 16.7 Å². The number of fused-ring (bicyclic) bond motifs is 2. The van der Waals surface area contributed by atoms with E-state index in [-0.39, 0.29) is 16.6 Å². The fourth-order valence-corrected chi connectivity index (χ4v) is 6.58. The fourth-order valence-electron chi connectivity index (χ4n) is 6.58. The van der Waals surface area contributed by atoms with Gasteiger partial charge in [-0.15, -0.1) is 0 Å². The van der Waals surface area contributed by atoms with Crippen LogP contribution >= 0.6 is 0 Å². The van der Waals surface area contributed by atoms with Crippen LogP contribution in [0.15, 0.2) is 30.7 Å². The molecule has 0 unspecified atom stereocenters. The molecule has 33 heavy (non-hydrogen) atoms. The lowest BCUT2D eigenvalue weighted by atomic mass is 9.61. The molecule has 2 bridgehead atoms. The number of nitrogens with zero attached hydrogens (tertiary/aromatic N) is 6. The molecule has 7 nitrogen and oxygen atoms in total. The summed E-state index contributed by atoms with van der Waals surface area (Å²) in [6.45, 7) is 4.53. The molecule has 1 atom stereocenters. The van der Waals surface area contributed by atoms with E-state index in [0.717, 1.165) is 50.0 Å². The lowest BCUT2D eigenvalue weighted by Gasteiger charge is -2.45. The maximum atomic E-state index is 15.1. The molecule has 3 aliphatic carbocycles. The first kappa shape index (κ1) is 19.4. The molecule has 1 N–H and O–H groups in total. The highest BCUT2D eigenvalue weighted by molar-refractivity contribution is 5.82. The van der Waals surface area contributed by atoms with Crippen LogP contribution in [0, 0.1) is 28.0 Å². The zero-order valence-corrected chi connectivity index (χ0v) is 18.7. The normalized spacial score (nSPS) is 31.0. The molecule has 3 aromatic rings. The van der Waals surface area contributed by atoms with Gasteiger partial charge in [-0.3, -0.25) is 0 Å². The Morgan fingerprint density at radius 3 is 2.58 bits per heavy atom. The average molecular weight is 445 g/mol. The van der Waals surface area contributed by atoms with E-state index >= 15 is 4.39 Å². The number of aromatic nitrogens is 4. The Morgan fingerprint density at radius 1 is 1.18 bits per heavy atom. The van der Waals surface area contributed by atoms with E-state index in [2.05, 4.69) is 26.0 Å². The number of halogens is 1. The van der Waals surface area contributed by atoms with Gasteiger partial charge in [0.1, 0.15) is 18.0 Å². The monoisotopic (exact) mass is 444 g/mol. The van der Waals surface area contributed by atoms with Crippen LogP contribution in [-0.2, 0) is 5.41 Å². The first-order valence-corrected chi connectivity index (χ1v) is 11.6. The number of hydrogen-bond acceptors (Lipinski definition) is 6. The third-order valence-electron chi connectivity index (χ3n) is 9.17. The van der Waals surface area contributed by atoms with E-state index in [9.17, 15) is 10.4 Å². The van der Waals surface area contributed by atoms with Crippen LogP contribution < -0.4 is 4.90 Å². The van der Waals surface area contributed by atoms with Crippen LogP contribution in [0.1, 0.15) is 51.5 Å². The Hall–Kier alpha value is -3.05. The highest BCUT2D eigenvalue weighted by Crippen LogP contribution is 2.78. The van der Waals surface area contributed by atoms with E-state index in [1.54, 1.807) is 4.68 Å². The van der Waals surface area contributed by atoms with Crippen molar-refractivity contribution in [3.05, 3.63) is 42.1 Å². The van der Waals surface area contributed by atoms with Gasteiger partial charge >= 0.3 is 0 Å². The largest absolute Gasteiger partial charge is 0.390 e. The minimum atomic E-state index is -0.737. The summed E-state index contributed by atoms with van der Waals surface area (Å²) in [5.41, 5.74) is 0.00574. The molecule has 8 heteroatoms. The van der Waals surface area contributed by atoms with Crippen molar-refractivity contribution in [1.82, 2.24) is 19.7 Å². The third kappa shape index (κ3) is 2.33. The van der Waals surface area contributed by atoms with Crippen molar-refractivity contribution >= 4 is 16.7 Å². The van der Waals surface area contributed by atoms with Crippen molar-refractivity contribution in [2.75, 3.05) is 11.4 Å². The number of nitriles is 1. The maximum absolute atomic E-state index is 15.1. The minimum Gasteiger partial charge on any atom is -0.390 e. The van der Waals surface area contributed by atoms with Crippen LogP contribution in [-0.4, -0.2) is 43.0 Å². The second kappa shape index (κ2) is 5.71. The van der Waals surface area contributed by atoms with E-state index in [0.29, 0.717) is 22.8 Å². The zero-order chi connectivity index (χ0) is 22.8. The Balaban J connectivity index is 1.28. The SMILES string of the molecule is CC(C)(O)C12CC(C1)N(c1cc(-n3ncc4c(F)cc([C@]5(C#N)CC56CC6)cc43)ncn1)C2. The molecule has 1 spiro atoms. The Labute approximate surface area is 190 Å². The summed E-state index contributed by atoms with van der Waals surface area (Å²) in [5.74, 6) is 1.00. The second-order valence-corrected chi connectivity index (χ2v) is 11.2. The molecule has 0 amide bonds. The van der Waals surface area contributed by atoms with Gasteiger partial charge in [0.15, 0.2) is 5.82 Å². The predicted molar refractivity (Wildman–Crippen MR) is 119 cm³/mol. The molecule has 8 rings (SSSR count). The average Bonchev–Trinajstić information content (AvgIpc) is 3.44. The number of hydrogen-bond donors (Lipinski definition) is 1. The lowest BCUT2D eigenvalue weighted by molar-refractivity contribution is -0.0754. The van der Waals surface area contributed by atoms with Gasteiger partial charge < -0.3 is 10.0 Å². The molecule has 5 fully saturated rings. The zero-order valence-electron chi connectivity index (χ0n) is 18.7. The van der Waals surface area contributed by atoms with Gasteiger partial charge in [0.05, 0.1) is 34.2 Å². The van der Waals surface area contributed by atoms with Crippen LogP contribution in [0.3, 0.4) is 0 Å². The second-order valence-electron chi connectivity index (χ2n) is 11.2. The number of anilines is 1. The first-order chi connectivity index (χ1) is 15.7. The molecular formula is C25H25FN6O. The van der Waals surface area contributed by atoms with Gasteiger partial charge in [-0.2, -0.15) is 10.4 Å². The van der Waals surface area contributed by atoms with E-state index in [4.69, 9.17) is 0 Å². The van der Waals surface area contributed by atoms with Crippen molar-refractivity contribution in [2.45, 2.75) is 63.0 Å². The summed E-state index contributed by atoms with van der Waals surface area (Å²) in [5, 5.41) is 25.4. The Morgan fingerprint density at radius 2 is 1.94 bits per heavy atom. The summed E-state index contributed by atoms with van der Waals surface area (Å²) < 4.78 is 16.7. The van der Waals surface area contributed by atoms with Crippen LogP contribution in [0.4, 0.5) is 10.2 Å². The quantitative estimate of drug-likeness (QED) is 0.661. The highest BCUT2D eigenvalue weighted by Gasteiger charge is 2.75. The van der Waals surface area contributed by atoms with Gasteiger partial charge in [-0.25, -0.2) is 19.0 Å². The summed E-state index contributed by atoms with van der Waals surface area (Å²) in [6.07, 6.45) is 7.83. The van der Waals surface area contributed by atoms with Gasteiger partial charge in [0, 0.05) is 24.1 Å². The van der Waals surface area contributed by atoms with Crippen LogP contribution in [0.2, 0.25) is 0 Å². The smallest absolute Gasteiger partial charge is 0.159 e. The van der Waals surface area contributed by atoms with Gasteiger partial charge in [-0.1, -0.05) is 0 Å². The molecule has 168 valence electrons. The third-order valence-corrected chi connectivity index (χ3v) is 9.17. The van der Waals surface area contributed by atoms with Crippen LogP contribution in [0.5, 0.6) is 0 Å². The summed E-state index contributed by atoms with van der Waals surface area (Å²) in [7, 11) is 0. The maximum Gasteiger partial charge on any atom is 0.159 e. The van der Waals surface area contributed by atoms with Crippen molar-refractivity contribution in [2.24, 2.45) is 10.8 Å². The topological polar surface area (TPSA) is 90.9 Å². The predicted octanol–water partition coefficient (Wildman–Crippen LogP) is 3.64. The lowest BCUT2D eigenvalue weighted by Crippen LogP contribution is -2.50. The van der Waals surface area contributed by atoms with Gasteiger partial charge in [0.25, 0.3) is 0 Å². The van der Waals surface area contributed by atoms with Gasteiger partial charge in [-0.05, 0) is 69.1 Å². The number of rotatable bonds is 4. The molecule has 2 saturated heterocycles. The van der Waals surface area contributed by atoms with Crippen molar-refractivity contribution in [1.29, 1.82) is 5.26 Å². The molecule has 2 aromatic heterocycles. The number of benzene rings is 1.